The Morgan fingerprint density at radius 1 is 1.30 bits per heavy atom. The highest BCUT2D eigenvalue weighted by Crippen LogP contribution is 2.42. The van der Waals surface area contributed by atoms with E-state index in [1.165, 1.54) is 12.7 Å². The predicted molar refractivity (Wildman–Crippen MR) is 81.6 cm³/mol. The quantitative estimate of drug-likeness (QED) is 0.290. The van der Waals surface area contributed by atoms with E-state index in [2.05, 4.69) is 31.6 Å². The Kier molecular flexibility index (Phi) is 6.47. The largest absolute Gasteiger partial charge is 0.466 e. The summed E-state index contributed by atoms with van der Waals surface area (Å²) in [4.78, 5) is 11.1. The molecule has 1 aliphatic heterocycles. The van der Waals surface area contributed by atoms with Crippen LogP contribution in [0.15, 0.2) is 23.3 Å². The van der Waals surface area contributed by atoms with Gasteiger partial charge in [-0.25, -0.2) is 4.79 Å². The molecule has 2 atom stereocenters. The molecule has 3 nitrogen and oxygen atoms in total. The Balaban J connectivity index is 2.22. The first-order valence-electron chi connectivity index (χ1n) is 7.50. The minimum Gasteiger partial charge on any atom is -0.466 e. The lowest BCUT2D eigenvalue weighted by atomic mass is 9.99. The molecule has 0 radical (unpaired) electrons. The van der Waals surface area contributed by atoms with Gasteiger partial charge < -0.3 is 9.47 Å². The van der Waals surface area contributed by atoms with Gasteiger partial charge in [-0.05, 0) is 52.9 Å². The number of allylic oxidation sites excluding steroid dienone is 3. The molecule has 3 heteroatoms. The zero-order valence-corrected chi connectivity index (χ0v) is 13.5. The van der Waals surface area contributed by atoms with E-state index in [1.54, 1.807) is 6.08 Å². The summed E-state index contributed by atoms with van der Waals surface area (Å²) in [6.07, 6.45) is 9.45. The Morgan fingerprint density at radius 2 is 2.00 bits per heavy atom. The monoisotopic (exact) mass is 280 g/mol. The second kappa shape index (κ2) is 7.63. The molecule has 0 N–H and O–H groups in total. The molecule has 0 aromatic heterocycles. The van der Waals surface area contributed by atoms with Crippen molar-refractivity contribution >= 4 is 5.97 Å². The van der Waals surface area contributed by atoms with Crippen LogP contribution in [-0.2, 0) is 14.3 Å². The number of hydrogen-bond donors (Lipinski definition) is 0. The van der Waals surface area contributed by atoms with Crippen molar-refractivity contribution in [2.75, 3.05) is 7.11 Å². The number of esters is 1. The van der Waals surface area contributed by atoms with Crippen molar-refractivity contribution in [2.45, 2.75) is 71.5 Å². The average Bonchev–Trinajstić information content (AvgIpc) is 3.08. The van der Waals surface area contributed by atoms with Gasteiger partial charge in [0.2, 0.25) is 0 Å². The summed E-state index contributed by atoms with van der Waals surface area (Å²) in [5.41, 5.74) is 2.61. The number of hydrogen-bond acceptors (Lipinski definition) is 3. The molecule has 0 saturated carbocycles. The van der Waals surface area contributed by atoms with Crippen LogP contribution < -0.4 is 0 Å². The van der Waals surface area contributed by atoms with Crippen molar-refractivity contribution in [1.82, 2.24) is 0 Å². The summed E-state index contributed by atoms with van der Waals surface area (Å²) in [5, 5.41) is 0. The lowest BCUT2D eigenvalue weighted by molar-refractivity contribution is -0.134. The smallest absolute Gasteiger partial charge is 0.330 e. The van der Waals surface area contributed by atoms with Crippen molar-refractivity contribution in [1.29, 1.82) is 0 Å². The van der Waals surface area contributed by atoms with Gasteiger partial charge in [-0.15, -0.1) is 0 Å². The fraction of sp³-hybridized carbons (Fsp3) is 0.706. The summed E-state index contributed by atoms with van der Waals surface area (Å²) < 4.78 is 10.3. The van der Waals surface area contributed by atoms with E-state index in [4.69, 9.17) is 4.74 Å². The van der Waals surface area contributed by atoms with Crippen LogP contribution in [0, 0.1) is 0 Å². The van der Waals surface area contributed by atoms with Crippen LogP contribution in [0.25, 0.3) is 0 Å². The van der Waals surface area contributed by atoms with Crippen LogP contribution in [0.5, 0.6) is 0 Å². The molecule has 0 aromatic rings. The Labute approximate surface area is 123 Å². The van der Waals surface area contributed by atoms with E-state index in [0.717, 1.165) is 37.7 Å². The predicted octanol–water partition coefficient (Wildman–Crippen LogP) is 4.18. The second-order valence-corrected chi connectivity index (χ2v) is 5.91. The molecule has 1 saturated heterocycles. The fourth-order valence-electron chi connectivity index (χ4n) is 2.31. The first-order valence-corrected chi connectivity index (χ1v) is 7.50. The molecule has 0 amide bonds. The molecule has 1 fully saturated rings. The Hall–Kier alpha value is -1.09. The van der Waals surface area contributed by atoms with Crippen molar-refractivity contribution in [3.05, 3.63) is 23.3 Å². The molecule has 0 aliphatic carbocycles. The van der Waals surface area contributed by atoms with Crippen molar-refractivity contribution < 1.29 is 14.3 Å². The molecular weight excluding hydrogens is 252 g/mol. The van der Waals surface area contributed by atoms with Crippen molar-refractivity contribution in [3.63, 3.8) is 0 Å². The number of carbonyl (C=O) groups is 1. The standard InChI is InChI=1S/C17H28O3/c1-6-17(4)15(20-17)11-10-13(2)8-7-9-14(3)12-16(18)19-5/h8,12,15H,6-7,9-11H2,1-5H3/b13-8+,14-12+/t15-,17-/m0/s1. The highest BCUT2D eigenvalue weighted by atomic mass is 16.6. The molecule has 0 aromatic carbocycles. The minimum atomic E-state index is -0.270. The number of carbonyl (C=O) groups excluding carboxylic acids is 1. The van der Waals surface area contributed by atoms with Gasteiger partial charge in [0.1, 0.15) is 0 Å². The van der Waals surface area contributed by atoms with Crippen LogP contribution in [0.4, 0.5) is 0 Å². The number of rotatable bonds is 8. The van der Waals surface area contributed by atoms with Crippen LogP contribution >= 0.6 is 0 Å². The van der Waals surface area contributed by atoms with Crippen molar-refractivity contribution in [2.24, 2.45) is 0 Å². The molecule has 20 heavy (non-hydrogen) atoms. The van der Waals surface area contributed by atoms with E-state index in [-0.39, 0.29) is 11.6 Å². The maximum absolute atomic E-state index is 11.1. The molecule has 1 aliphatic rings. The maximum Gasteiger partial charge on any atom is 0.330 e. The van der Waals surface area contributed by atoms with Gasteiger partial charge in [0, 0.05) is 6.08 Å². The zero-order valence-electron chi connectivity index (χ0n) is 13.5. The Bertz CT molecular complexity index is 395. The van der Waals surface area contributed by atoms with Gasteiger partial charge >= 0.3 is 5.97 Å². The summed E-state index contributed by atoms with van der Waals surface area (Å²) in [7, 11) is 1.40. The van der Waals surface area contributed by atoms with E-state index >= 15 is 0 Å². The zero-order chi connectivity index (χ0) is 15.2. The van der Waals surface area contributed by atoms with Gasteiger partial charge in [0.25, 0.3) is 0 Å². The third-order valence-corrected chi connectivity index (χ3v) is 4.14. The molecular formula is C17H28O3. The van der Waals surface area contributed by atoms with E-state index < -0.39 is 0 Å². The highest BCUT2D eigenvalue weighted by molar-refractivity contribution is 5.82. The number of ether oxygens (including phenoxy) is 2. The lowest BCUT2D eigenvalue weighted by Crippen LogP contribution is -2.07. The second-order valence-electron chi connectivity index (χ2n) is 5.91. The first kappa shape index (κ1) is 17.0. The van der Waals surface area contributed by atoms with Crippen LogP contribution in [-0.4, -0.2) is 24.8 Å². The van der Waals surface area contributed by atoms with Crippen LogP contribution in [0.2, 0.25) is 0 Å². The van der Waals surface area contributed by atoms with E-state index in [9.17, 15) is 4.79 Å². The Morgan fingerprint density at radius 3 is 2.55 bits per heavy atom. The van der Waals surface area contributed by atoms with Gasteiger partial charge in [-0.2, -0.15) is 0 Å². The third-order valence-electron chi connectivity index (χ3n) is 4.14. The van der Waals surface area contributed by atoms with Gasteiger partial charge in [0.15, 0.2) is 0 Å². The SMILES string of the molecule is CC[C@]1(C)O[C@H]1CC/C(C)=C/CC/C(C)=C/C(=O)OC. The molecule has 0 unspecified atom stereocenters. The third kappa shape index (κ3) is 5.49. The number of epoxide rings is 1. The molecule has 114 valence electrons. The molecule has 0 spiro atoms. The van der Waals surface area contributed by atoms with Gasteiger partial charge in [0.05, 0.1) is 18.8 Å². The van der Waals surface area contributed by atoms with E-state index in [0.29, 0.717) is 6.10 Å². The highest BCUT2D eigenvalue weighted by Gasteiger charge is 2.49. The summed E-state index contributed by atoms with van der Waals surface area (Å²) >= 11 is 0. The summed E-state index contributed by atoms with van der Waals surface area (Å²) in [5.74, 6) is -0.270. The van der Waals surface area contributed by atoms with E-state index in [1.807, 2.05) is 6.92 Å². The van der Waals surface area contributed by atoms with Gasteiger partial charge in [-0.3, -0.25) is 0 Å². The normalized spacial score (nSPS) is 26.6. The lowest BCUT2D eigenvalue weighted by Gasteiger charge is -2.03. The molecule has 1 heterocycles. The maximum atomic E-state index is 11.1. The van der Waals surface area contributed by atoms with Crippen LogP contribution in [0.1, 0.15) is 59.8 Å². The molecule has 1 rings (SSSR count). The number of methoxy groups -OCH3 is 1. The average molecular weight is 280 g/mol. The van der Waals surface area contributed by atoms with Gasteiger partial charge in [-0.1, -0.05) is 24.1 Å². The van der Waals surface area contributed by atoms with Crippen molar-refractivity contribution in [3.8, 4) is 0 Å². The molecule has 0 bridgehead atoms. The summed E-state index contributed by atoms with van der Waals surface area (Å²) in [6, 6.07) is 0. The summed E-state index contributed by atoms with van der Waals surface area (Å²) in [6.45, 7) is 8.51. The fourth-order valence-corrected chi connectivity index (χ4v) is 2.31. The first-order chi connectivity index (χ1) is 9.41. The topological polar surface area (TPSA) is 38.8 Å². The minimum absolute atomic E-state index is 0.139. The van der Waals surface area contributed by atoms with Crippen LogP contribution in [0.3, 0.4) is 0 Å².